The molecular weight excluding hydrogens is 237 g/mol. The van der Waals surface area contributed by atoms with Gasteiger partial charge in [-0.25, -0.2) is 23.3 Å². The minimum atomic E-state index is 0. The van der Waals surface area contributed by atoms with E-state index in [1.165, 1.54) is 11.1 Å². The fraction of sp³-hybridized carbons (Fsp3) is 0.500. The van der Waals surface area contributed by atoms with Gasteiger partial charge in [-0.15, -0.1) is 12.8 Å². The molecule has 2 aliphatic rings. The summed E-state index contributed by atoms with van der Waals surface area (Å²) in [5.41, 5.74) is 2.73. The van der Waals surface area contributed by atoms with E-state index in [-0.39, 0.29) is 25.8 Å². The molecule has 91 valence electrons. The second kappa shape index (κ2) is 8.85. The summed E-state index contributed by atoms with van der Waals surface area (Å²) in [7, 11) is 0. The molecule has 0 aliphatic heterocycles. The monoisotopic (exact) mass is 259 g/mol. The van der Waals surface area contributed by atoms with Crippen molar-refractivity contribution in [3.8, 4) is 0 Å². The standard InChI is InChI=1S/2C8H11.Sc/c2*1-7(2)8-5-3-4-6-8;/h2*3,5,7H,4H2,1-2H3;/q2*-1;. The zero-order valence-electron chi connectivity index (χ0n) is 11.5. The van der Waals surface area contributed by atoms with E-state index < -0.39 is 0 Å². The van der Waals surface area contributed by atoms with Gasteiger partial charge in [-0.2, -0.15) is 12.2 Å². The summed E-state index contributed by atoms with van der Waals surface area (Å²) in [5, 5.41) is 0. The van der Waals surface area contributed by atoms with Crippen molar-refractivity contribution < 1.29 is 25.8 Å². The molecule has 0 nitrogen and oxygen atoms in total. The first-order valence-electron chi connectivity index (χ1n) is 6.15. The van der Waals surface area contributed by atoms with E-state index in [2.05, 4.69) is 64.2 Å². The molecule has 0 aromatic heterocycles. The Kier molecular flexibility index (Phi) is 8.77. The maximum Gasteiger partial charge on any atom is 0 e. The van der Waals surface area contributed by atoms with Gasteiger partial charge in [0.2, 0.25) is 0 Å². The molecule has 0 N–H and O–H groups in total. The van der Waals surface area contributed by atoms with E-state index in [0.29, 0.717) is 11.8 Å². The molecule has 17 heavy (non-hydrogen) atoms. The van der Waals surface area contributed by atoms with Gasteiger partial charge in [0.15, 0.2) is 0 Å². The molecular formula is C16H22Sc-2. The average Bonchev–Trinajstić information content (AvgIpc) is 2.93. The summed E-state index contributed by atoms with van der Waals surface area (Å²) in [5.74, 6) is 1.32. The largest absolute Gasteiger partial charge is 0.269 e. The smallest absolute Gasteiger partial charge is 0 e. The van der Waals surface area contributed by atoms with Crippen LogP contribution in [0.25, 0.3) is 0 Å². The molecule has 0 amide bonds. The van der Waals surface area contributed by atoms with Crippen LogP contribution in [0.4, 0.5) is 0 Å². The van der Waals surface area contributed by atoms with Crippen molar-refractivity contribution in [2.75, 3.05) is 0 Å². The van der Waals surface area contributed by atoms with Crippen molar-refractivity contribution >= 4 is 0 Å². The molecule has 0 aromatic carbocycles. The Balaban J connectivity index is 0.000000284. The van der Waals surface area contributed by atoms with Gasteiger partial charge in [-0.1, -0.05) is 39.5 Å². The van der Waals surface area contributed by atoms with Crippen LogP contribution in [0.1, 0.15) is 40.5 Å². The fourth-order valence-corrected chi connectivity index (χ4v) is 1.64. The van der Waals surface area contributed by atoms with E-state index in [1.54, 1.807) is 0 Å². The quantitative estimate of drug-likeness (QED) is 0.633. The Labute approximate surface area is 125 Å². The molecule has 0 heterocycles. The summed E-state index contributed by atoms with van der Waals surface area (Å²) in [6.07, 6.45) is 17.2. The van der Waals surface area contributed by atoms with Gasteiger partial charge in [0.05, 0.1) is 0 Å². The molecule has 0 spiro atoms. The van der Waals surface area contributed by atoms with Gasteiger partial charge >= 0.3 is 0 Å². The van der Waals surface area contributed by atoms with Gasteiger partial charge < -0.3 is 0 Å². The van der Waals surface area contributed by atoms with Crippen LogP contribution in [0.2, 0.25) is 0 Å². The summed E-state index contributed by atoms with van der Waals surface area (Å²) < 4.78 is 0. The Hall–Kier alpha value is -0.170. The van der Waals surface area contributed by atoms with Crippen molar-refractivity contribution in [3.05, 3.63) is 47.6 Å². The molecule has 0 fully saturated rings. The van der Waals surface area contributed by atoms with Gasteiger partial charge in [0, 0.05) is 25.8 Å². The number of hydrogen-bond donors (Lipinski definition) is 0. The van der Waals surface area contributed by atoms with E-state index in [0.717, 1.165) is 12.8 Å². The number of rotatable bonds is 2. The van der Waals surface area contributed by atoms with E-state index in [9.17, 15) is 0 Å². The van der Waals surface area contributed by atoms with Crippen molar-refractivity contribution in [2.24, 2.45) is 11.8 Å². The minimum Gasteiger partial charge on any atom is -0.269 e. The van der Waals surface area contributed by atoms with Gasteiger partial charge in [-0.05, 0) is 0 Å². The number of allylic oxidation sites excluding steroid dienone is 8. The Morgan fingerprint density at radius 3 is 1.29 bits per heavy atom. The van der Waals surface area contributed by atoms with Crippen molar-refractivity contribution in [1.82, 2.24) is 0 Å². The molecule has 0 atom stereocenters. The average molecular weight is 259 g/mol. The van der Waals surface area contributed by atoms with Crippen LogP contribution in [0.5, 0.6) is 0 Å². The summed E-state index contributed by atoms with van der Waals surface area (Å²) in [6, 6.07) is 0. The predicted molar refractivity (Wildman–Crippen MR) is 70.7 cm³/mol. The van der Waals surface area contributed by atoms with Crippen LogP contribution in [0, 0.1) is 24.0 Å². The second-order valence-electron chi connectivity index (χ2n) is 4.79. The normalized spacial score (nSPS) is 16.6. The van der Waals surface area contributed by atoms with E-state index >= 15 is 0 Å². The molecule has 1 heteroatoms. The molecule has 0 unspecified atom stereocenters. The summed E-state index contributed by atoms with van der Waals surface area (Å²) in [6.45, 7) is 8.77. The molecule has 2 aliphatic carbocycles. The van der Waals surface area contributed by atoms with Gasteiger partial charge in [0.25, 0.3) is 0 Å². The van der Waals surface area contributed by atoms with Gasteiger partial charge in [-0.3, -0.25) is 12.2 Å². The van der Waals surface area contributed by atoms with Crippen LogP contribution in [-0.2, 0) is 25.8 Å². The second-order valence-corrected chi connectivity index (χ2v) is 4.79. The number of hydrogen-bond acceptors (Lipinski definition) is 0. The van der Waals surface area contributed by atoms with Crippen LogP contribution >= 0.6 is 0 Å². The van der Waals surface area contributed by atoms with E-state index in [1.807, 2.05) is 0 Å². The van der Waals surface area contributed by atoms with Crippen LogP contribution in [0.3, 0.4) is 0 Å². The molecule has 0 aromatic rings. The summed E-state index contributed by atoms with van der Waals surface area (Å²) in [4.78, 5) is 0. The van der Waals surface area contributed by atoms with Crippen LogP contribution in [-0.4, -0.2) is 0 Å². The first kappa shape index (κ1) is 16.8. The molecule has 0 saturated carbocycles. The maximum atomic E-state index is 3.26. The molecule has 2 rings (SSSR count). The third-order valence-electron chi connectivity index (χ3n) is 2.69. The Bertz CT molecular complexity index is 293. The zero-order valence-corrected chi connectivity index (χ0v) is 13.3. The summed E-state index contributed by atoms with van der Waals surface area (Å²) >= 11 is 0. The Morgan fingerprint density at radius 1 is 0.824 bits per heavy atom. The fourth-order valence-electron chi connectivity index (χ4n) is 1.64. The Morgan fingerprint density at radius 2 is 1.18 bits per heavy atom. The van der Waals surface area contributed by atoms with Crippen molar-refractivity contribution in [2.45, 2.75) is 40.5 Å². The SMILES string of the molecule is CC(C)C1=[C-]CC=C1.CC(C)C1=[C-]CC=C1.[Sc]. The van der Waals surface area contributed by atoms with E-state index in [4.69, 9.17) is 0 Å². The predicted octanol–water partition coefficient (Wildman–Crippen LogP) is 4.66. The van der Waals surface area contributed by atoms with Crippen LogP contribution in [0.15, 0.2) is 35.5 Å². The van der Waals surface area contributed by atoms with Crippen LogP contribution < -0.4 is 0 Å². The third-order valence-corrected chi connectivity index (χ3v) is 2.69. The third kappa shape index (κ3) is 6.35. The first-order valence-corrected chi connectivity index (χ1v) is 6.15. The molecule has 0 saturated heterocycles. The maximum absolute atomic E-state index is 3.26. The minimum absolute atomic E-state index is 0. The van der Waals surface area contributed by atoms with Crippen molar-refractivity contribution in [1.29, 1.82) is 0 Å². The molecule has 0 bridgehead atoms. The first-order chi connectivity index (χ1) is 7.61. The van der Waals surface area contributed by atoms with Crippen molar-refractivity contribution in [3.63, 3.8) is 0 Å². The topological polar surface area (TPSA) is 0 Å². The zero-order chi connectivity index (χ0) is 12.0. The molecule has 1 radical (unpaired) electrons. The van der Waals surface area contributed by atoms with Gasteiger partial charge in [0.1, 0.15) is 0 Å².